The van der Waals surface area contributed by atoms with Crippen molar-refractivity contribution < 1.29 is 0 Å². The maximum atomic E-state index is 6.53. The van der Waals surface area contributed by atoms with Crippen LogP contribution in [0.25, 0.3) is 0 Å². The Hall–Kier alpha value is 0.470. The lowest BCUT2D eigenvalue weighted by molar-refractivity contribution is 0.331. The molecule has 1 aliphatic carbocycles. The van der Waals surface area contributed by atoms with Crippen molar-refractivity contribution in [1.82, 2.24) is 0 Å². The van der Waals surface area contributed by atoms with Crippen LogP contribution in [0, 0.1) is 12.8 Å². The van der Waals surface area contributed by atoms with Crippen LogP contribution in [0.3, 0.4) is 0 Å². The minimum atomic E-state index is 0.208. The van der Waals surface area contributed by atoms with E-state index in [9.17, 15) is 0 Å². The fourth-order valence-electron chi connectivity index (χ4n) is 2.78. The molecule has 1 fully saturated rings. The van der Waals surface area contributed by atoms with E-state index in [4.69, 9.17) is 11.6 Å². The number of halogens is 2. The monoisotopic (exact) mass is 334 g/mol. The van der Waals surface area contributed by atoms with Crippen molar-refractivity contribution in [3.63, 3.8) is 0 Å². The summed E-state index contributed by atoms with van der Waals surface area (Å²) in [5.74, 6) is 0.937. The summed E-state index contributed by atoms with van der Waals surface area (Å²) in [4.78, 5) is 1.36. The normalized spacial score (nSPS) is 19.5. The molecule has 1 aromatic rings. The highest BCUT2D eigenvalue weighted by molar-refractivity contribution is 9.11. The van der Waals surface area contributed by atoms with Crippen LogP contribution in [0.5, 0.6) is 0 Å². The third kappa shape index (κ3) is 3.97. The van der Waals surface area contributed by atoms with Crippen LogP contribution in [-0.2, 0) is 0 Å². The van der Waals surface area contributed by atoms with Gasteiger partial charge in [0.15, 0.2) is 0 Å². The molecule has 0 spiro atoms. The molecule has 1 unspecified atom stereocenters. The van der Waals surface area contributed by atoms with Crippen LogP contribution in [-0.4, -0.2) is 0 Å². The lowest BCUT2D eigenvalue weighted by atomic mass is 9.85. The van der Waals surface area contributed by atoms with Gasteiger partial charge in [-0.1, -0.05) is 32.1 Å². The molecular formula is C14H20BrClS. The van der Waals surface area contributed by atoms with Crippen molar-refractivity contribution in [2.45, 2.75) is 57.2 Å². The van der Waals surface area contributed by atoms with Gasteiger partial charge in [-0.25, -0.2) is 0 Å². The summed E-state index contributed by atoms with van der Waals surface area (Å²) in [6.07, 6.45) is 9.60. The number of alkyl halides is 1. The molecule has 2 rings (SSSR count). The van der Waals surface area contributed by atoms with Gasteiger partial charge in [0.2, 0.25) is 0 Å². The van der Waals surface area contributed by atoms with Gasteiger partial charge in [-0.15, -0.1) is 22.9 Å². The zero-order valence-corrected chi connectivity index (χ0v) is 13.5. The molecule has 96 valence electrons. The first-order chi connectivity index (χ1) is 8.16. The smallest absolute Gasteiger partial charge is 0.0704 e. The summed E-state index contributed by atoms with van der Waals surface area (Å²) in [6, 6.07) is 2.19. The van der Waals surface area contributed by atoms with Gasteiger partial charge >= 0.3 is 0 Å². The van der Waals surface area contributed by atoms with Gasteiger partial charge < -0.3 is 0 Å². The Labute approximate surface area is 122 Å². The number of hydrogen-bond donors (Lipinski definition) is 0. The predicted octanol–water partition coefficient (Wildman–Crippen LogP) is 6.46. The molecule has 1 atom stereocenters. The zero-order valence-electron chi connectivity index (χ0n) is 10.3. The molecule has 0 aromatic carbocycles. The summed E-state index contributed by atoms with van der Waals surface area (Å²) in [5.41, 5.74) is 1.33. The molecular weight excluding hydrogens is 316 g/mol. The number of hydrogen-bond acceptors (Lipinski definition) is 1. The molecule has 0 nitrogen and oxygen atoms in total. The second-order valence-electron chi connectivity index (χ2n) is 5.11. The standard InChI is InChI=1S/C14H20BrClS/c1-10-12(9-14(15)17-10)13(16)8-7-11-5-3-2-4-6-11/h9,11,13H,2-8H2,1H3. The van der Waals surface area contributed by atoms with E-state index in [0.29, 0.717) is 0 Å². The minimum Gasteiger partial charge on any atom is -0.133 e. The van der Waals surface area contributed by atoms with Gasteiger partial charge in [0.05, 0.1) is 9.16 Å². The van der Waals surface area contributed by atoms with Crippen LogP contribution in [0.1, 0.15) is 60.8 Å². The molecule has 3 heteroatoms. The van der Waals surface area contributed by atoms with Crippen molar-refractivity contribution in [3.05, 3.63) is 20.3 Å². The fraction of sp³-hybridized carbons (Fsp3) is 0.714. The van der Waals surface area contributed by atoms with Crippen LogP contribution >= 0.6 is 38.9 Å². The van der Waals surface area contributed by atoms with E-state index in [1.807, 2.05) is 0 Å². The first kappa shape index (κ1) is 13.9. The second-order valence-corrected chi connectivity index (χ2v) is 8.27. The fourth-order valence-corrected chi connectivity index (χ4v) is 4.97. The predicted molar refractivity (Wildman–Crippen MR) is 81.2 cm³/mol. The van der Waals surface area contributed by atoms with Crippen molar-refractivity contribution in [3.8, 4) is 0 Å². The van der Waals surface area contributed by atoms with Crippen molar-refractivity contribution >= 4 is 38.9 Å². The van der Waals surface area contributed by atoms with Crippen LogP contribution < -0.4 is 0 Å². The van der Waals surface area contributed by atoms with E-state index < -0.39 is 0 Å². The Kier molecular flexibility index (Phi) is 5.38. The second kappa shape index (κ2) is 6.58. The van der Waals surface area contributed by atoms with Gasteiger partial charge in [0.1, 0.15) is 0 Å². The Morgan fingerprint density at radius 3 is 2.71 bits per heavy atom. The van der Waals surface area contributed by atoms with Gasteiger partial charge in [-0.05, 0) is 53.2 Å². The molecule has 1 aromatic heterocycles. The lowest BCUT2D eigenvalue weighted by Crippen LogP contribution is -2.07. The third-order valence-electron chi connectivity index (χ3n) is 3.82. The Morgan fingerprint density at radius 1 is 1.41 bits per heavy atom. The van der Waals surface area contributed by atoms with Gasteiger partial charge in [0.25, 0.3) is 0 Å². The summed E-state index contributed by atoms with van der Waals surface area (Å²) >= 11 is 11.9. The molecule has 0 radical (unpaired) electrons. The highest BCUT2D eigenvalue weighted by atomic mass is 79.9. The highest BCUT2D eigenvalue weighted by Gasteiger charge is 2.18. The van der Waals surface area contributed by atoms with Crippen LogP contribution in [0.15, 0.2) is 9.85 Å². The Morgan fingerprint density at radius 2 is 2.12 bits per heavy atom. The van der Waals surface area contributed by atoms with Gasteiger partial charge in [0, 0.05) is 4.88 Å². The third-order valence-corrected chi connectivity index (χ3v) is 5.84. The largest absolute Gasteiger partial charge is 0.133 e. The number of thiophene rings is 1. The van der Waals surface area contributed by atoms with Crippen molar-refractivity contribution in [1.29, 1.82) is 0 Å². The summed E-state index contributed by atoms with van der Waals surface area (Å²) in [6.45, 7) is 2.17. The molecule has 0 aliphatic heterocycles. The van der Waals surface area contributed by atoms with Crippen molar-refractivity contribution in [2.24, 2.45) is 5.92 Å². The molecule has 0 amide bonds. The molecule has 0 saturated heterocycles. The Balaban J connectivity index is 1.84. The van der Waals surface area contributed by atoms with E-state index >= 15 is 0 Å². The molecule has 0 N–H and O–H groups in total. The Bertz CT molecular complexity index is 355. The molecule has 17 heavy (non-hydrogen) atoms. The van der Waals surface area contributed by atoms with Crippen LogP contribution in [0.2, 0.25) is 0 Å². The number of aryl methyl sites for hydroxylation is 1. The van der Waals surface area contributed by atoms with E-state index in [1.165, 1.54) is 52.8 Å². The molecule has 1 saturated carbocycles. The highest BCUT2D eigenvalue weighted by Crippen LogP contribution is 2.38. The maximum absolute atomic E-state index is 6.53. The van der Waals surface area contributed by atoms with E-state index in [0.717, 1.165) is 12.3 Å². The topological polar surface area (TPSA) is 0 Å². The quantitative estimate of drug-likeness (QED) is 0.554. The summed E-state index contributed by atoms with van der Waals surface area (Å²) in [7, 11) is 0. The molecule has 0 bridgehead atoms. The summed E-state index contributed by atoms with van der Waals surface area (Å²) in [5, 5.41) is 0.208. The minimum absolute atomic E-state index is 0.208. The first-order valence-electron chi connectivity index (χ1n) is 6.56. The van der Waals surface area contributed by atoms with E-state index in [2.05, 4.69) is 28.9 Å². The zero-order chi connectivity index (χ0) is 12.3. The summed E-state index contributed by atoms with van der Waals surface area (Å²) < 4.78 is 1.20. The maximum Gasteiger partial charge on any atom is 0.0704 e. The average Bonchev–Trinajstić information content (AvgIpc) is 2.67. The van der Waals surface area contributed by atoms with Gasteiger partial charge in [-0.3, -0.25) is 0 Å². The van der Waals surface area contributed by atoms with E-state index in [-0.39, 0.29) is 5.38 Å². The van der Waals surface area contributed by atoms with E-state index in [1.54, 1.807) is 11.3 Å². The lowest BCUT2D eigenvalue weighted by Gasteiger charge is -2.22. The van der Waals surface area contributed by atoms with Crippen molar-refractivity contribution in [2.75, 3.05) is 0 Å². The van der Waals surface area contributed by atoms with Gasteiger partial charge in [-0.2, -0.15) is 0 Å². The SMILES string of the molecule is Cc1sc(Br)cc1C(Cl)CCC1CCCCC1. The molecule has 1 aliphatic rings. The average molecular weight is 336 g/mol. The molecule has 1 heterocycles. The number of rotatable bonds is 4. The first-order valence-corrected chi connectivity index (χ1v) is 8.61. The van der Waals surface area contributed by atoms with Crippen LogP contribution in [0.4, 0.5) is 0 Å².